The zero-order valence-corrected chi connectivity index (χ0v) is 12.7. The van der Waals surface area contributed by atoms with Gasteiger partial charge in [0.25, 0.3) is 11.8 Å². The molecule has 24 heavy (non-hydrogen) atoms. The molecule has 0 fully saturated rings. The van der Waals surface area contributed by atoms with Crippen LogP contribution >= 0.6 is 0 Å². The molecular weight excluding hydrogens is 304 g/mol. The van der Waals surface area contributed by atoms with Crippen LogP contribution in [0.1, 0.15) is 26.5 Å². The summed E-state index contributed by atoms with van der Waals surface area (Å²) in [6.07, 6.45) is 1.44. The summed E-state index contributed by atoms with van der Waals surface area (Å²) < 4.78 is 5.09. The molecule has 5 heteroatoms. The Kier molecular flexibility index (Phi) is 3.39. The van der Waals surface area contributed by atoms with Crippen molar-refractivity contribution >= 4 is 17.5 Å². The second kappa shape index (κ2) is 5.70. The second-order valence-corrected chi connectivity index (χ2v) is 5.49. The molecule has 2 amide bonds. The largest absolute Gasteiger partial charge is 0.459 e. The van der Waals surface area contributed by atoms with Crippen LogP contribution in [0.5, 0.6) is 0 Å². The van der Waals surface area contributed by atoms with Crippen molar-refractivity contribution < 1.29 is 14.0 Å². The number of fused-ring (bicyclic) bond motifs is 1. The van der Waals surface area contributed by atoms with Crippen molar-refractivity contribution in [3.05, 3.63) is 77.7 Å². The van der Waals surface area contributed by atoms with Crippen LogP contribution in [0.4, 0.5) is 5.69 Å². The second-order valence-electron chi connectivity index (χ2n) is 5.49. The van der Waals surface area contributed by atoms with Crippen LogP contribution in [0, 0.1) is 0 Å². The molecule has 0 saturated heterocycles. The highest BCUT2D eigenvalue weighted by Gasteiger charge is 2.27. The third kappa shape index (κ3) is 2.36. The van der Waals surface area contributed by atoms with E-state index in [0.29, 0.717) is 17.8 Å². The van der Waals surface area contributed by atoms with Gasteiger partial charge in [0.15, 0.2) is 5.76 Å². The maximum absolute atomic E-state index is 12.3. The molecule has 5 nitrogen and oxygen atoms in total. The monoisotopic (exact) mass is 318 g/mol. The average Bonchev–Trinajstić information content (AvgIpc) is 3.27. The summed E-state index contributed by atoms with van der Waals surface area (Å²) in [5.41, 5.74) is 3.91. The number of nitrogens with one attached hydrogen (secondary N) is 2. The van der Waals surface area contributed by atoms with Crippen molar-refractivity contribution in [2.24, 2.45) is 0 Å². The van der Waals surface area contributed by atoms with E-state index in [-0.39, 0.29) is 17.6 Å². The molecule has 1 aliphatic rings. The Labute approximate surface area is 138 Å². The molecule has 2 heterocycles. The molecule has 0 spiro atoms. The van der Waals surface area contributed by atoms with Crippen molar-refractivity contribution in [1.29, 1.82) is 0 Å². The maximum atomic E-state index is 12.3. The van der Waals surface area contributed by atoms with Crippen molar-refractivity contribution in [2.45, 2.75) is 6.54 Å². The molecule has 0 unspecified atom stereocenters. The predicted molar refractivity (Wildman–Crippen MR) is 89.7 cm³/mol. The molecule has 4 rings (SSSR count). The van der Waals surface area contributed by atoms with E-state index in [2.05, 4.69) is 10.6 Å². The molecule has 0 aliphatic carbocycles. The number of carbonyl (C=O) groups is 2. The molecule has 0 radical (unpaired) electrons. The number of benzene rings is 2. The average molecular weight is 318 g/mol. The molecule has 3 aromatic rings. The lowest BCUT2D eigenvalue weighted by atomic mass is 9.95. The van der Waals surface area contributed by atoms with E-state index < -0.39 is 0 Å². The van der Waals surface area contributed by atoms with E-state index in [1.165, 1.54) is 6.26 Å². The van der Waals surface area contributed by atoms with Crippen molar-refractivity contribution in [3.8, 4) is 11.1 Å². The summed E-state index contributed by atoms with van der Waals surface area (Å²) in [6, 6.07) is 16.8. The Bertz CT molecular complexity index is 915. The normalized spacial score (nSPS) is 12.6. The van der Waals surface area contributed by atoms with Crippen LogP contribution in [0.3, 0.4) is 0 Å². The van der Waals surface area contributed by atoms with E-state index in [1.54, 1.807) is 18.2 Å². The van der Waals surface area contributed by atoms with Gasteiger partial charge in [0.1, 0.15) is 0 Å². The summed E-state index contributed by atoms with van der Waals surface area (Å²) in [5.74, 6) is -0.360. The minimum Gasteiger partial charge on any atom is -0.459 e. The number of carbonyl (C=O) groups excluding carboxylic acids is 2. The van der Waals surface area contributed by atoms with Gasteiger partial charge >= 0.3 is 0 Å². The van der Waals surface area contributed by atoms with Gasteiger partial charge in [0.2, 0.25) is 0 Å². The quantitative estimate of drug-likeness (QED) is 0.777. The Morgan fingerprint density at radius 2 is 1.88 bits per heavy atom. The maximum Gasteiger partial charge on any atom is 0.291 e. The summed E-state index contributed by atoms with van der Waals surface area (Å²) in [5, 5.41) is 5.59. The van der Waals surface area contributed by atoms with E-state index in [1.807, 2.05) is 36.4 Å². The number of hydrogen-bond acceptors (Lipinski definition) is 3. The highest BCUT2D eigenvalue weighted by molar-refractivity contribution is 6.10. The predicted octanol–water partition coefficient (Wildman–Crippen LogP) is 3.44. The Morgan fingerprint density at radius 3 is 2.62 bits per heavy atom. The summed E-state index contributed by atoms with van der Waals surface area (Å²) >= 11 is 0. The van der Waals surface area contributed by atoms with Crippen molar-refractivity contribution in [1.82, 2.24) is 5.32 Å². The van der Waals surface area contributed by atoms with Gasteiger partial charge in [0, 0.05) is 6.54 Å². The lowest BCUT2D eigenvalue weighted by Gasteiger charge is -2.12. The Hall–Kier alpha value is -3.34. The number of anilines is 1. The van der Waals surface area contributed by atoms with Gasteiger partial charge in [0.05, 0.1) is 17.5 Å². The fourth-order valence-electron chi connectivity index (χ4n) is 2.93. The number of amides is 2. The molecule has 0 saturated carbocycles. The zero-order chi connectivity index (χ0) is 16.5. The van der Waals surface area contributed by atoms with Crippen molar-refractivity contribution in [3.63, 3.8) is 0 Å². The van der Waals surface area contributed by atoms with Gasteiger partial charge in [-0.1, -0.05) is 36.4 Å². The number of furan rings is 1. The van der Waals surface area contributed by atoms with E-state index >= 15 is 0 Å². The fraction of sp³-hybridized carbons (Fsp3) is 0.0526. The molecular formula is C19H14N2O3. The van der Waals surface area contributed by atoms with E-state index in [0.717, 1.165) is 16.7 Å². The van der Waals surface area contributed by atoms with Crippen LogP contribution in [0.25, 0.3) is 11.1 Å². The smallest absolute Gasteiger partial charge is 0.291 e. The first-order valence-electron chi connectivity index (χ1n) is 7.58. The molecule has 0 atom stereocenters. The van der Waals surface area contributed by atoms with Gasteiger partial charge < -0.3 is 15.1 Å². The van der Waals surface area contributed by atoms with E-state index in [4.69, 9.17) is 4.42 Å². The lowest BCUT2D eigenvalue weighted by Crippen LogP contribution is -2.17. The van der Waals surface area contributed by atoms with Crippen molar-refractivity contribution in [2.75, 3.05) is 5.32 Å². The fourth-order valence-corrected chi connectivity index (χ4v) is 2.93. The summed E-state index contributed by atoms with van der Waals surface area (Å²) in [4.78, 5) is 24.5. The summed E-state index contributed by atoms with van der Waals surface area (Å²) in [7, 11) is 0. The molecule has 1 aliphatic heterocycles. The van der Waals surface area contributed by atoms with Crippen LogP contribution < -0.4 is 10.6 Å². The van der Waals surface area contributed by atoms with Gasteiger partial charge in [-0.2, -0.15) is 0 Å². The topological polar surface area (TPSA) is 71.3 Å². The molecule has 2 aromatic carbocycles. The minimum atomic E-state index is -0.380. The van der Waals surface area contributed by atoms with Gasteiger partial charge in [-0.15, -0.1) is 0 Å². The Morgan fingerprint density at radius 1 is 1.04 bits per heavy atom. The van der Waals surface area contributed by atoms with E-state index in [9.17, 15) is 9.59 Å². The standard InChI is InChI=1S/C19H14N2O3/c22-18(16-7-4-10-24-16)21-15-9-8-13(12-5-2-1-3-6-12)14-11-20-19(23)17(14)15/h1-10H,11H2,(H,20,23)(H,21,22). The third-order valence-electron chi connectivity index (χ3n) is 4.04. The van der Waals surface area contributed by atoms with Crippen LogP contribution in [0.15, 0.2) is 65.3 Å². The zero-order valence-electron chi connectivity index (χ0n) is 12.7. The molecule has 0 bridgehead atoms. The first-order valence-corrected chi connectivity index (χ1v) is 7.58. The van der Waals surface area contributed by atoms with Gasteiger partial charge in [-0.25, -0.2) is 0 Å². The highest BCUT2D eigenvalue weighted by atomic mass is 16.3. The SMILES string of the molecule is O=C(Nc1ccc(-c2ccccc2)c2c1C(=O)NC2)c1ccco1. The Balaban J connectivity index is 1.76. The highest BCUT2D eigenvalue weighted by Crippen LogP contribution is 2.34. The van der Waals surface area contributed by atoms with Crippen LogP contribution in [0.2, 0.25) is 0 Å². The molecule has 118 valence electrons. The van der Waals surface area contributed by atoms with Crippen LogP contribution in [-0.2, 0) is 6.54 Å². The number of rotatable bonds is 3. The minimum absolute atomic E-state index is 0.183. The summed E-state index contributed by atoms with van der Waals surface area (Å²) in [6.45, 7) is 0.447. The molecule has 1 aromatic heterocycles. The first-order chi connectivity index (χ1) is 11.7. The lowest BCUT2D eigenvalue weighted by molar-refractivity contribution is 0.0966. The third-order valence-corrected chi connectivity index (χ3v) is 4.04. The number of hydrogen-bond donors (Lipinski definition) is 2. The van der Waals surface area contributed by atoms with Gasteiger partial charge in [-0.05, 0) is 34.9 Å². The van der Waals surface area contributed by atoms with Crippen LogP contribution in [-0.4, -0.2) is 11.8 Å². The van der Waals surface area contributed by atoms with Gasteiger partial charge in [-0.3, -0.25) is 9.59 Å². The molecule has 2 N–H and O–H groups in total. The first kappa shape index (κ1) is 14.3.